The molecule has 3 atom stereocenters. The van der Waals surface area contributed by atoms with Gasteiger partial charge in [-0.1, -0.05) is 91.0 Å². The molecule has 4 aromatic rings. The van der Waals surface area contributed by atoms with Gasteiger partial charge in [0.15, 0.2) is 0 Å². The molecule has 0 radical (unpaired) electrons. The van der Waals surface area contributed by atoms with Gasteiger partial charge in [-0.05, 0) is 80.6 Å². The van der Waals surface area contributed by atoms with Gasteiger partial charge in [-0.3, -0.25) is 10.6 Å². The van der Waals surface area contributed by atoms with E-state index in [1.807, 2.05) is 0 Å². The lowest BCUT2D eigenvalue weighted by Gasteiger charge is -2.36. The molecule has 2 nitrogen and oxygen atoms in total. The molecule has 4 aromatic carbocycles. The maximum Gasteiger partial charge on any atom is 0.112 e. The van der Waals surface area contributed by atoms with Crippen LogP contribution in [0.2, 0.25) is 0 Å². The summed E-state index contributed by atoms with van der Waals surface area (Å²) in [5.74, 6) is 0. The van der Waals surface area contributed by atoms with Crippen molar-refractivity contribution in [1.29, 1.82) is 0 Å². The van der Waals surface area contributed by atoms with Crippen LogP contribution >= 0.6 is 22.6 Å². The molecule has 1 heterocycles. The molecule has 0 amide bonds. The molecule has 1 aliphatic rings. The lowest BCUT2D eigenvalue weighted by atomic mass is 9.89. The van der Waals surface area contributed by atoms with Gasteiger partial charge in [0.1, 0.15) is 4.17 Å². The number of halogens is 1. The Hall–Kier alpha value is -2.47. The molecule has 3 heteroatoms. The van der Waals surface area contributed by atoms with Crippen molar-refractivity contribution in [3.05, 3.63) is 120 Å². The zero-order chi connectivity index (χ0) is 21.0. The Kier molecular flexibility index (Phi) is 6.16. The number of hydrogen-bond donors (Lipinski definition) is 2. The van der Waals surface area contributed by atoms with Crippen molar-refractivity contribution >= 4 is 22.6 Å². The lowest BCUT2D eigenvalue weighted by molar-refractivity contribution is 0.313. The van der Waals surface area contributed by atoms with Gasteiger partial charge in [0, 0.05) is 12.1 Å². The summed E-state index contributed by atoms with van der Waals surface area (Å²) in [4.78, 5) is 0. The first kappa shape index (κ1) is 20.4. The fraction of sp³-hybridized carbons (Fsp3) is 0.143. The van der Waals surface area contributed by atoms with E-state index < -0.39 is 0 Å². The van der Waals surface area contributed by atoms with E-state index in [1.54, 1.807) is 0 Å². The normalized spacial score (nSPS) is 21.0. The molecule has 0 saturated carbocycles. The van der Waals surface area contributed by atoms with E-state index in [9.17, 15) is 0 Å². The van der Waals surface area contributed by atoms with Gasteiger partial charge in [0.05, 0.1) is 0 Å². The summed E-state index contributed by atoms with van der Waals surface area (Å²) in [6.45, 7) is 0. The van der Waals surface area contributed by atoms with Gasteiger partial charge in [-0.25, -0.2) is 0 Å². The number of alkyl halides is 1. The Morgan fingerprint density at radius 1 is 0.516 bits per heavy atom. The Balaban J connectivity index is 1.56. The zero-order valence-corrected chi connectivity index (χ0v) is 19.4. The summed E-state index contributed by atoms with van der Waals surface area (Å²) in [6.07, 6.45) is 1.01. The third kappa shape index (κ3) is 4.74. The number of rotatable bonds is 4. The highest BCUT2D eigenvalue weighted by atomic mass is 127. The van der Waals surface area contributed by atoms with Gasteiger partial charge in [-0.2, -0.15) is 0 Å². The molecule has 0 bridgehead atoms. The van der Waals surface area contributed by atoms with E-state index in [2.05, 4.69) is 142 Å². The van der Waals surface area contributed by atoms with Crippen LogP contribution in [0.5, 0.6) is 0 Å². The van der Waals surface area contributed by atoms with Gasteiger partial charge in [0.25, 0.3) is 0 Å². The standard InChI is InChI=1S/C28H25IN2/c29-28-30-26(22-14-8-3-9-15-22)19-27(31-28)25-17-23(20-10-4-1-5-11-20)16-24(18-25)21-12-6-2-7-13-21/h1-18,26-28,30-31H,19H2. The Morgan fingerprint density at radius 3 is 1.48 bits per heavy atom. The summed E-state index contributed by atoms with van der Waals surface area (Å²) < 4.78 is 0.210. The second-order valence-corrected chi connectivity index (χ2v) is 9.27. The summed E-state index contributed by atoms with van der Waals surface area (Å²) in [5, 5.41) is 7.47. The first-order valence-electron chi connectivity index (χ1n) is 10.7. The minimum atomic E-state index is 0.210. The molecule has 0 aliphatic carbocycles. The van der Waals surface area contributed by atoms with Crippen LogP contribution in [0.15, 0.2) is 109 Å². The Bertz CT molecular complexity index is 1070. The summed E-state index contributed by atoms with van der Waals surface area (Å²) in [5.41, 5.74) is 7.71. The first-order chi connectivity index (χ1) is 15.3. The molecule has 31 heavy (non-hydrogen) atoms. The van der Waals surface area contributed by atoms with Gasteiger partial charge in [0.2, 0.25) is 0 Å². The first-order valence-corrected chi connectivity index (χ1v) is 12.0. The molecule has 5 rings (SSSR count). The fourth-order valence-electron chi connectivity index (χ4n) is 4.37. The van der Waals surface area contributed by atoms with Gasteiger partial charge in [-0.15, -0.1) is 0 Å². The zero-order valence-electron chi connectivity index (χ0n) is 17.2. The molecule has 1 saturated heterocycles. The quantitative estimate of drug-likeness (QED) is 0.172. The summed E-state index contributed by atoms with van der Waals surface area (Å²) in [6, 6.07) is 39.8. The third-order valence-electron chi connectivity index (χ3n) is 5.94. The molecule has 1 fully saturated rings. The molecule has 2 N–H and O–H groups in total. The monoisotopic (exact) mass is 516 g/mol. The predicted molar refractivity (Wildman–Crippen MR) is 138 cm³/mol. The highest BCUT2D eigenvalue weighted by Gasteiger charge is 2.28. The third-order valence-corrected chi connectivity index (χ3v) is 6.66. The second-order valence-electron chi connectivity index (χ2n) is 8.02. The number of benzene rings is 4. The molecule has 0 spiro atoms. The minimum absolute atomic E-state index is 0.210. The van der Waals surface area contributed by atoms with E-state index in [1.165, 1.54) is 33.4 Å². The van der Waals surface area contributed by atoms with Gasteiger partial charge < -0.3 is 0 Å². The van der Waals surface area contributed by atoms with E-state index in [0.717, 1.165) is 6.42 Å². The van der Waals surface area contributed by atoms with E-state index in [0.29, 0.717) is 6.04 Å². The second kappa shape index (κ2) is 9.35. The smallest absolute Gasteiger partial charge is 0.112 e. The van der Waals surface area contributed by atoms with Crippen LogP contribution in [0, 0.1) is 0 Å². The number of hydrogen-bond acceptors (Lipinski definition) is 2. The van der Waals surface area contributed by atoms with Crippen molar-refractivity contribution in [2.75, 3.05) is 0 Å². The highest BCUT2D eigenvalue weighted by molar-refractivity contribution is 14.1. The maximum atomic E-state index is 3.77. The van der Waals surface area contributed by atoms with Crippen molar-refractivity contribution in [3.8, 4) is 22.3 Å². The van der Waals surface area contributed by atoms with Crippen LogP contribution in [-0.2, 0) is 0 Å². The van der Waals surface area contributed by atoms with Crippen LogP contribution in [0.1, 0.15) is 29.6 Å². The number of nitrogens with one attached hydrogen (secondary N) is 2. The van der Waals surface area contributed by atoms with Crippen LogP contribution in [0.4, 0.5) is 0 Å². The maximum absolute atomic E-state index is 3.77. The van der Waals surface area contributed by atoms with Gasteiger partial charge >= 0.3 is 0 Å². The largest absolute Gasteiger partial charge is 0.287 e. The summed E-state index contributed by atoms with van der Waals surface area (Å²) >= 11 is 2.46. The average Bonchev–Trinajstić information content (AvgIpc) is 2.85. The van der Waals surface area contributed by atoms with Crippen molar-refractivity contribution in [2.24, 2.45) is 0 Å². The Morgan fingerprint density at radius 2 is 0.968 bits per heavy atom. The molecular formula is C28H25IN2. The molecular weight excluding hydrogens is 491 g/mol. The fourth-order valence-corrected chi connectivity index (χ4v) is 5.24. The predicted octanol–water partition coefficient (Wildman–Crippen LogP) is 7.10. The minimum Gasteiger partial charge on any atom is -0.287 e. The SMILES string of the molecule is IC1NC(c2ccccc2)CC(c2cc(-c3ccccc3)cc(-c3ccccc3)c2)N1. The van der Waals surface area contributed by atoms with Crippen LogP contribution in [0.3, 0.4) is 0 Å². The van der Waals surface area contributed by atoms with E-state index in [-0.39, 0.29) is 10.2 Å². The van der Waals surface area contributed by atoms with E-state index >= 15 is 0 Å². The van der Waals surface area contributed by atoms with Crippen LogP contribution in [0.25, 0.3) is 22.3 Å². The molecule has 3 unspecified atom stereocenters. The van der Waals surface area contributed by atoms with E-state index in [4.69, 9.17) is 0 Å². The van der Waals surface area contributed by atoms with Crippen molar-refractivity contribution in [1.82, 2.24) is 10.6 Å². The lowest BCUT2D eigenvalue weighted by Crippen LogP contribution is -2.47. The molecule has 0 aromatic heterocycles. The summed E-state index contributed by atoms with van der Waals surface area (Å²) in [7, 11) is 0. The van der Waals surface area contributed by atoms with Crippen LogP contribution < -0.4 is 10.6 Å². The average molecular weight is 516 g/mol. The van der Waals surface area contributed by atoms with Crippen molar-refractivity contribution in [3.63, 3.8) is 0 Å². The molecule has 154 valence electrons. The van der Waals surface area contributed by atoms with Crippen molar-refractivity contribution in [2.45, 2.75) is 22.7 Å². The molecule has 1 aliphatic heterocycles. The Labute approximate surface area is 197 Å². The van der Waals surface area contributed by atoms with Crippen LogP contribution in [-0.4, -0.2) is 4.17 Å². The highest BCUT2D eigenvalue weighted by Crippen LogP contribution is 2.36. The van der Waals surface area contributed by atoms with Crippen molar-refractivity contribution < 1.29 is 0 Å². The topological polar surface area (TPSA) is 24.1 Å².